The number of ether oxygens (including phenoxy) is 1. The summed E-state index contributed by atoms with van der Waals surface area (Å²) in [5, 5.41) is 11.8. The molecule has 3 aromatic rings. The van der Waals surface area contributed by atoms with E-state index in [0.717, 1.165) is 21.5 Å². The maximum Gasteiger partial charge on any atom is 0.332 e. The summed E-state index contributed by atoms with van der Waals surface area (Å²) in [6.07, 6.45) is 0. The van der Waals surface area contributed by atoms with E-state index in [1.807, 2.05) is 24.3 Å². The SMILES string of the molecule is COc1cccc(CNC(=O)c2cc3c(=O)n(CC#N)c(=O)n(C)c3s2)c1. The fourth-order valence-electron chi connectivity index (χ4n) is 2.66. The lowest BCUT2D eigenvalue weighted by Crippen LogP contribution is -2.38. The van der Waals surface area contributed by atoms with Crippen LogP contribution in [-0.4, -0.2) is 22.2 Å². The number of rotatable bonds is 5. The molecule has 138 valence electrons. The lowest BCUT2D eigenvalue weighted by atomic mass is 10.2. The molecular formula is C18H16N4O4S. The van der Waals surface area contributed by atoms with Crippen LogP contribution in [0.5, 0.6) is 5.75 Å². The number of fused-ring (bicyclic) bond motifs is 1. The first kappa shape index (κ1) is 18.4. The van der Waals surface area contributed by atoms with Gasteiger partial charge in [0.1, 0.15) is 17.1 Å². The van der Waals surface area contributed by atoms with Gasteiger partial charge < -0.3 is 10.1 Å². The zero-order valence-corrected chi connectivity index (χ0v) is 15.5. The smallest absolute Gasteiger partial charge is 0.332 e. The van der Waals surface area contributed by atoms with E-state index in [1.54, 1.807) is 13.2 Å². The Hall–Kier alpha value is -3.38. The summed E-state index contributed by atoms with van der Waals surface area (Å²) in [4.78, 5) is 37.8. The topological polar surface area (TPSA) is 106 Å². The highest BCUT2D eigenvalue weighted by Crippen LogP contribution is 2.22. The maximum absolute atomic E-state index is 12.5. The standard InChI is InChI=1S/C18H16N4O4S/c1-21-17-13(16(24)22(7-6-19)18(21)25)9-14(27-17)15(23)20-10-11-4-3-5-12(8-11)26-2/h3-5,8-9H,7,10H2,1-2H3,(H,20,23). The molecule has 1 N–H and O–H groups in total. The van der Waals surface area contributed by atoms with E-state index in [4.69, 9.17) is 10.00 Å². The van der Waals surface area contributed by atoms with Gasteiger partial charge in [0.2, 0.25) is 0 Å². The van der Waals surface area contributed by atoms with E-state index in [1.165, 1.54) is 17.7 Å². The normalized spacial score (nSPS) is 10.6. The van der Waals surface area contributed by atoms with Crippen LogP contribution < -0.4 is 21.3 Å². The number of aryl methyl sites for hydroxylation is 1. The molecule has 9 heteroatoms. The first-order valence-corrected chi connectivity index (χ1v) is 8.79. The van der Waals surface area contributed by atoms with Gasteiger partial charge in [-0.1, -0.05) is 12.1 Å². The average molecular weight is 384 g/mol. The van der Waals surface area contributed by atoms with E-state index >= 15 is 0 Å². The van der Waals surface area contributed by atoms with Gasteiger partial charge in [-0.05, 0) is 23.8 Å². The number of hydrogen-bond donors (Lipinski definition) is 1. The molecule has 0 saturated carbocycles. The molecule has 0 atom stereocenters. The minimum atomic E-state index is -0.584. The van der Waals surface area contributed by atoms with Crippen molar-refractivity contribution in [2.24, 2.45) is 7.05 Å². The van der Waals surface area contributed by atoms with Crippen LogP contribution >= 0.6 is 11.3 Å². The number of carbonyl (C=O) groups excluding carboxylic acids is 1. The summed E-state index contributed by atoms with van der Waals surface area (Å²) in [6, 6.07) is 10.6. The fourth-order valence-corrected chi connectivity index (χ4v) is 3.68. The third kappa shape index (κ3) is 3.47. The van der Waals surface area contributed by atoms with Crippen LogP contribution in [0.3, 0.4) is 0 Å². The first-order valence-electron chi connectivity index (χ1n) is 7.97. The van der Waals surface area contributed by atoms with Crippen molar-refractivity contribution in [2.75, 3.05) is 7.11 Å². The van der Waals surface area contributed by atoms with Crippen LogP contribution in [0.15, 0.2) is 39.9 Å². The highest BCUT2D eigenvalue weighted by molar-refractivity contribution is 7.20. The van der Waals surface area contributed by atoms with Gasteiger partial charge in [0, 0.05) is 13.6 Å². The first-order chi connectivity index (χ1) is 13.0. The number of aromatic nitrogens is 2. The van der Waals surface area contributed by atoms with Crippen molar-refractivity contribution >= 4 is 27.5 Å². The van der Waals surface area contributed by atoms with Gasteiger partial charge in [-0.15, -0.1) is 11.3 Å². The third-order valence-corrected chi connectivity index (χ3v) is 5.26. The summed E-state index contributed by atoms with van der Waals surface area (Å²) in [5.74, 6) is 0.342. The Bertz CT molecular complexity index is 1180. The van der Waals surface area contributed by atoms with Gasteiger partial charge in [-0.3, -0.25) is 14.2 Å². The summed E-state index contributed by atoms with van der Waals surface area (Å²) >= 11 is 1.06. The molecule has 0 aliphatic rings. The predicted octanol–water partition coefficient (Wildman–Crippen LogP) is 1.22. The van der Waals surface area contributed by atoms with Crippen LogP contribution in [0, 0.1) is 11.3 Å². The predicted molar refractivity (Wildman–Crippen MR) is 101 cm³/mol. The van der Waals surface area contributed by atoms with Gasteiger partial charge in [0.15, 0.2) is 0 Å². The molecule has 0 bridgehead atoms. The molecule has 0 fully saturated rings. The molecule has 1 amide bonds. The Balaban J connectivity index is 1.90. The number of thiophene rings is 1. The molecule has 2 aromatic heterocycles. The molecule has 3 rings (SSSR count). The molecule has 0 aliphatic carbocycles. The Morgan fingerprint density at radius 1 is 1.33 bits per heavy atom. The van der Waals surface area contributed by atoms with Crippen LogP contribution in [0.4, 0.5) is 0 Å². The Labute approximate surface area is 157 Å². The second-order valence-electron chi connectivity index (χ2n) is 5.75. The summed E-state index contributed by atoms with van der Waals surface area (Å²) in [5.41, 5.74) is -0.287. The molecule has 0 saturated heterocycles. The van der Waals surface area contributed by atoms with Crippen molar-refractivity contribution in [3.8, 4) is 11.8 Å². The number of nitriles is 1. The van der Waals surface area contributed by atoms with Gasteiger partial charge in [-0.25, -0.2) is 9.36 Å². The van der Waals surface area contributed by atoms with E-state index in [2.05, 4.69) is 5.32 Å². The van der Waals surface area contributed by atoms with Crippen molar-refractivity contribution < 1.29 is 9.53 Å². The van der Waals surface area contributed by atoms with Crippen molar-refractivity contribution in [3.05, 3.63) is 61.6 Å². The quantitative estimate of drug-likeness (QED) is 0.712. The maximum atomic E-state index is 12.5. The molecule has 0 spiro atoms. The van der Waals surface area contributed by atoms with Gasteiger partial charge in [0.25, 0.3) is 11.5 Å². The van der Waals surface area contributed by atoms with Crippen molar-refractivity contribution in [1.29, 1.82) is 5.26 Å². The Kier molecular flexibility index (Phi) is 5.09. The van der Waals surface area contributed by atoms with Crippen LogP contribution in [0.2, 0.25) is 0 Å². The highest BCUT2D eigenvalue weighted by atomic mass is 32.1. The number of carbonyl (C=O) groups is 1. The molecule has 0 aliphatic heterocycles. The minimum Gasteiger partial charge on any atom is -0.497 e. The monoisotopic (exact) mass is 384 g/mol. The largest absolute Gasteiger partial charge is 0.497 e. The molecule has 0 unspecified atom stereocenters. The number of methoxy groups -OCH3 is 1. The number of amides is 1. The number of nitrogens with one attached hydrogen (secondary N) is 1. The Morgan fingerprint density at radius 2 is 2.11 bits per heavy atom. The fraction of sp³-hybridized carbons (Fsp3) is 0.222. The molecule has 8 nitrogen and oxygen atoms in total. The number of benzene rings is 1. The van der Waals surface area contributed by atoms with Crippen molar-refractivity contribution in [1.82, 2.24) is 14.5 Å². The zero-order chi connectivity index (χ0) is 19.6. The van der Waals surface area contributed by atoms with Crippen molar-refractivity contribution in [2.45, 2.75) is 13.1 Å². The van der Waals surface area contributed by atoms with Crippen LogP contribution in [-0.2, 0) is 20.1 Å². The van der Waals surface area contributed by atoms with E-state index in [-0.39, 0.29) is 17.8 Å². The summed E-state index contributed by atoms with van der Waals surface area (Å²) in [7, 11) is 3.07. The van der Waals surface area contributed by atoms with Crippen LogP contribution in [0.1, 0.15) is 15.2 Å². The highest BCUT2D eigenvalue weighted by Gasteiger charge is 2.17. The number of nitrogens with zero attached hydrogens (tertiary/aromatic N) is 3. The molecule has 27 heavy (non-hydrogen) atoms. The minimum absolute atomic E-state index is 0.240. The average Bonchev–Trinajstić information content (AvgIpc) is 3.14. The third-order valence-electron chi connectivity index (χ3n) is 4.05. The van der Waals surface area contributed by atoms with Gasteiger partial charge in [0.05, 0.1) is 23.4 Å². The van der Waals surface area contributed by atoms with E-state index in [0.29, 0.717) is 22.0 Å². The lowest BCUT2D eigenvalue weighted by Gasteiger charge is -2.05. The molecule has 2 heterocycles. The van der Waals surface area contributed by atoms with E-state index in [9.17, 15) is 14.4 Å². The summed E-state index contributed by atoms with van der Waals surface area (Å²) in [6.45, 7) is -0.0451. The molecule has 0 radical (unpaired) electrons. The van der Waals surface area contributed by atoms with Crippen molar-refractivity contribution in [3.63, 3.8) is 0 Å². The second-order valence-corrected chi connectivity index (χ2v) is 6.79. The Morgan fingerprint density at radius 3 is 2.81 bits per heavy atom. The van der Waals surface area contributed by atoms with Gasteiger partial charge in [-0.2, -0.15) is 5.26 Å². The number of hydrogen-bond acceptors (Lipinski definition) is 6. The molecular weight excluding hydrogens is 368 g/mol. The summed E-state index contributed by atoms with van der Waals surface area (Å²) < 4.78 is 7.28. The lowest BCUT2D eigenvalue weighted by molar-refractivity contribution is 0.0955. The second kappa shape index (κ2) is 7.47. The van der Waals surface area contributed by atoms with Gasteiger partial charge >= 0.3 is 5.69 Å². The van der Waals surface area contributed by atoms with E-state index < -0.39 is 11.2 Å². The molecule has 1 aromatic carbocycles. The zero-order valence-electron chi connectivity index (χ0n) is 14.7. The van der Waals surface area contributed by atoms with Crippen LogP contribution in [0.25, 0.3) is 10.2 Å².